The molecule has 2 aromatic carbocycles. The molecule has 11 heteroatoms. The van der Waals surface area contributed by atoms with E-state index in [2.05, 4.69) is 15.6 Å². The van der Waals surface area contributed by atoms with Crippen molar-refractivity contribution in [3.8, 4) is 5.69 Å². The molecule has 3 aromatic rings. The van der Waals surface area contributed by atoms with E-state index in [1.165, 1.54) is 6.07 Å². The second kappa shape index (κ2) is 8.40. The number of halogens is 4. The summed E-state index contributed by atoms with van der Waals surface area (Å²) in [4.78, 5) is 26.1. The molecule has 2 amide bonds. The lowest BCUT2D eigenvalue weighted by molar-refractivity contribution is -0.143. The molecule has 1 aliphatic heterocycles. The van der Waals surface area contributed by atoms with E-state index < -0.39 is 29.3 Å². The largest absolute Gasteiger partial charge is 0.435 e. The van der Waals surface area contributed by atoms with Gasteiger partial charge in [-0.05, 0) is 48.4 Å². The third kappa shape index (κ3) is 4.46. The topological polar surface area (TPSA) is 80.1 Å². The second-order valence-electron chi connectivity index (χ2n) is 7.25. The minimum Gasteiger partial charge on any atom is -0.338 e. The minimum atomic E-state index is -4.94. The number of rotatable bonds is 5. The summed E-state index contributed by atoms with van der Waals surface area (Å²) < 4.78 is 54.8. The molecule has 0 radical (unpaired) electrons. The van der Waals surface area contributed by atoms with Crippen LogP contribution in [0.1, 0.15) is 34.6 Å². The minimum absolute atomic E-state index is 0.0339. The summed E-state index contributed by atoms with van der Waals surface area (Å²) in [6.07, 6.45) is -3.68. The van der Waals surface area contributed by atoms with E-state index in [-0.39, 0.29) is 17.3 Å². The third-order valence-electron chi connectivity index (χ3n) is 4.95. The Morgan fingerprint density at radius 2 is 1.88 bits per heavy atom. The number of carbonyl (C=O) groups excluding carboxylic acids is 2. The Bertz CT molecular complexity index is 1160. The molecule has 0 atom stereocenters. The molecule has 1 aliphatic rings. The van der Waals surface area contributed by atoms with Crippen molar-refractivity contribution in [2.75, 3.05) is 11.9 Å². The molecule has 7 nitrogen and oxygen atoms in total. The van der Waals surface area contributed by atoms with Crippen LogP contribution in [0.5, 0.6) is 0 Å². The number of benzene rings is 2. The maximum atomic E-state index is 13.7. The number of aromatic nitrogens is 3. The first-order valence-electron chi connectivity index (χ1n) is 9.69. The Morgan fingerprint density at radius 3 is 2.53 bits per heavy atom. The van der Waals surface area contributed by atoms with Gasteiger partial charge < -0.3 is 10.2 Å². The second-order valence-corrected chi connectivity index (χ2v) is 7.25. The molecule has 4 rings (SSSR count). The van der Waals surface area contributed by atoms with Crippen molar-refractivity contribution in [2.45, 2.75) is 25.6 Å². The fourth-order valence-electron chi connectivity index (χ4n) is 3.48. The van der Waals surface area contributed by atoms with Crippen molar-refractivity contribution in [3.63, 3.8) is 0 Å². The lowest BCUT2D eigenvalue weighted by atomic mass is 10.2. The first-order valence-corrected chi connectivity index (χ1v) is 9.69. The van der Waals surface area contributed by atoms with E-state index in [0.717, 1.165) is 36.2 Å². The zero-order valence-electron chi connectivity index (χ0n) is 16.6. The Labute approximate surface area is 179 Å². The van der Waals surface area contributed by atoms with Crippen LogP contribution >= 0.6 is 0 Å². The number of likely N-dealkylation sites (tertiary alicyclic amines) is 1. The van der Waals surface area contributed by atoms with Crippen molar-refractivity contribution < 1.29 is 27.2 Å². The van der Waals surface area contributed by atoms with Gasteiger partial charge in [0, 0.05) is 25.2 Å². The molecule has 0 saturated carbocycles. The van der Waals surface area contributed by atoms with Crippen LogP contribution < -0.4 is 5.32 Å². The molecule has 1 fully saturated rings. The fourth-order valence-corrected chi connectivity index (χ4v) is 3.48. The standard InChI is InChI=1S/C21H17F4N5O2/c22-14-6-8-16(9-7-14)30-19(21(23,24)25)18(27-28-30)20(32)26-15-4-1-3-13(11-15)12-29-10-2-5-17(29)31/h1,3-4,6-9,11H,2,5,10,12H2,(H,26,32). The number of nitrogens with one attached hydrogen (secondary N) is 1. The Hall–Kier alpha value is -3.76. The van der Waals surface area contributed by atoms with Gasteiger partial charge in [0.05, 0.1) is 5.69 Å². The fraction of sp³-hybridized carbons (Fsp3) is 0.238. The summed E-state index contributed by atoms with van der Waals surface area (Å²) in [5.41, 5.74) is -1.41. The van der Waals surface area contributed by atoms with E-state index in [4.69, 9.17) is 0 Å². The molecule has 0 unspecified atom stereocenters. The Kier molecular flexibility index (Phi) is 5.64. The van der Waals surface area contributed by atoms with Crippen molar-refractivity contribution >= 4 is 17.5 Å². The van der Waals surface area contributed by atoms with Gasteiger partial charge in [-0.15, -0.1) is 5.10 Å². The molecule has 32 heavy (non-hydrogen) atoms. The predicted molar refractivity (Wildman–Crippen MR) is 105 cm³/mol. The monoisotopic (exact) mass is 447 g/mol. The van der Waals surface area contributed by atoms with Crippen molar-refractivity contribution in [3.05, 3.63) is 71.3 Å². The Balaban J connectivity index is 1.59. The summed E-state index contributed by atoms with van der Waals surface area (Å²) in [6, 6.07) is 10.7. The number of alkyl halides is 3. The highest BCUT2D eigenvalue weighted by atomic mass is 19.4. The highest BCUT2D eigenvalue weighted by Gasteiger charge is 2.42. The highest BCUT2D eigenvalue weighted by molar-refractivity contribution is 6.03. The number of nitrogens with zero attached hydrogens (tertiary/aromatic N) is 4. The van der Waals surface area contributed by atoms with E-state index in [9.17, 15) is 27.2 Å². The number of amides is 2. The molecular weight excluding hydrogens is 430 g/mol. The molecule has 1 saturated heterocycles. The quantitative estimate of drug-likeness (QED) is 0.604. The zero-order chi connectivity index (χ0) is 22.9. The van der Waals surface area contributed by atoms with Gasteiger partial charge in [0.25, 0.3) is 5.91 Å². The van der Waals surface area contributed by atoms with Crippen LogP contribution in [0.4, 0.5) is 23.2 Å². The summed E-state index contributed by atoms with van der Waals surface area (Å²) in [5, 5.41) is 9.29. The number of carbonyl (C=O) groups is 2. The normalized spacial score (nSPS) is 14.1. The summed E-state index contributed by atoms with van der Waals surface area (Å²) in [6.45, 7) is 0.980. The van der Waals surface area contributed by atoms with Crippen molar-refractivity contribution in [2.24, 2.45) is 0 Å². The number of anilines is 1. The van der Waals surface area contributed by atoms with Crippen LogP contribution in [0, 0.1) is 5.82 Å². The van der Waals surface area contributed by atoms with Gasteiger partial charge in [-0.1, -0.05) is 17.3 Å². The average molecular weight is 447 g/mol. The van der Waals surface area contributed by atoms with Crippen LogP contribution in [-0.4, -0.2) is 38.3 Å². The first kappa shape index (κ1) is 21.5. The summed E-state index contributed by atoms with van der Waals surface area (Å²) in [5.74, 6) is -1.69. The molecule has 0 bridgehead atoms. The number of hydrogen-bond acceptors (Lipinski definition) is 4. The molecule has 2 heterocycles. The first-order chi connectivity index (χ1) is 15.2. The maximum Gasteiger partial charge on any atom is 0.435 e. The third-order valence-corrected chi connectivity index (χ3v) is 4.95. The van der Waals surface area contributed by atoms with Gasteiger partial charge in [0.1, 0.15) is 5.82 Å². The van der Waals surface area contributed by atoms with Crippen LogP contribution in [0.2, 0.25) is 0 Å². The van der Waals surface area contributed by atoms with Gasteiger partial charge in [0.2, 0.25) is 5.91 Å². The molecule has 0 aliphatic carbocycles. The smallest absolute Gasteiger partial charge is 0.338 e. The van der Waals surface area contributed by atoms with Gasteiger partial charge in [0.15, 0.2) is 11.4 Å². The van der Waals surface area contributed by atoms with Gasteiger partial charge in [-0.25, -0.2) is 9.07 Å². The predicted octanol–water partition coefficient (Wildman–Crippen LogP) is 3.80. The zero-order valence-corrected chi connectivity index (χ0v) is 16.6. The summed E-state index contributed by atoms with van der Waals surface area (Å²) in [7, 11) is 0. The molecule has 0 spiro atoms. The average Bonchev–Trinajstić information content (AvgIpc) is 3.36. The van der Waals surface area contributed by atoms with Crippen LogP contribution in [-0.2, 0) is 17.5 Å². The molecule has 166 valence electrons. The molecular formula is C21H17F4N5O2. The lowest BCUT2D eigenvalue weighted by Crippen LogP contribution is -2.24. The SMILES string of the molecule is O=C(Nc1cccc(CN2CCCC2=O)c1)c1nnn(-c2ccc(F)cc2)c1C(F)(F)F. The highest BCUT2D eigenvalue weighted by Crippen LogP contribution is 2.33. The van der Waals surface area contributed by atoms with E-state index in [0.29, 0.717) is 24.2 Å². The molecule has 1 N–H and O–H groups in total. The molecule has 1 aromatic heterocycles. The van der Waals surface area contributed by atoms with E-state index >= 15 is 0 Å². The van der Waals surface area contributed by atoms with E-state index in [1.54, 1.807) is 23.1 Å². The summed E-state index contributed by atoms with van der Waals surface area (Å²) >= 11 is 0. The Morgan fingerprint density at radius 1 is 1.12 bits per heavy atom. The van der Waals surface area contributed by atoms with Gasteiger partial charge in [-0.3, -0.25) is 9.59 Å². The van der Waals surface area contributed by atoms with Crippen LogP contribution in [0.3, 0.4) is 0 Å². The van der Waals surface area contributed by atoms with Gasteiger partial charge in [-0.2, -0.15) is 13.2 Å². The maximum absolute atomic E-state index is 13.7. The number of hydrogen-bond donors (Lipinski definition) is 1. The van der Waals surface area contributed by atoms with Gasteiger partial charge >= 0.3 is 6.18 Å². The van der Waals surface area contributed by atoms with Crippen LogP contribution in [0.25, 0.3) is 5.69 Å². The lowest BCUT2D eigenvalue weighted by Gasteiger charge is -2.16. The van der Waals surface area contributed by atoms with E-state index in [1.807, 2.05) is 0 Å². The van der Waals surface area contributed by atoms with Crippen molar-refractivity contribution in [1.82, 2.24) is 19.9 Å². The van der Waals surface area contributed by atoms with Crippen molar-refractivity contribution in [1.29, 1.82) is 0 Å². The van der Waals surface area contributed by atoms with Crippen LogP contribution in [0.15, 0.2) is 48.5 Å².